The maximum atomic E-state index is 11.6. The van der Waals surface area contributed by atoms with Gasteiger partial charge in [-0.2, -0.15) is 11.8 Å². The average molecular weight is 275 g/mol. The third-order valence-corrected chi connectivity index (χ3v) is 3.66. The molecule has 0 rings (SSSR count). The van der Waals surface area contributed by atoms with Crippen molar-refractivity contribution < 1.29 is 19.5 Å². The highest BCUT2D eigenvalue weighted by molar-refractivity contribution is 7.99. The second-order valence-electron chi connectivity index (χ2n) is 4.44. The van der Waals surface area contributed by atoms with Crippen LogP contribution in [0.3, 0.4) is 0 Å². The Morgan fingerprint density at radius 1 is 1.22 bits per heavy atom. The minimum Gasteiger partial charge on any atom is -0.480 e. The maximum Gasteiger partial charge on any atom is 0.326 e. The molecular formula is C12H21NO4S. The van der Waals surface area contributed by atoms with Crippen molar-refractivity contribution in [2.24, 2.45) is 5.92 Å². The minimum atomic E-state index is -1.02. The third kappa shape index (κ3) is 6.05. The highest BCUT2D eigenvalue weighted by Crippen LogP contribution is 2.09. The number of ketones is 1. The number of carbonyl (C=O) groups is 3. The highest BCUT2D eigenvalue weighted by Gasteiger charge is 2.21. The van der Waals surface area contributed by atoms with E-state index >= 15 is 0 Å². The molecule has 0 unspecified atom stereocenters. The lowest BCUT2D eigenvalue weighted by Gasteiger charge is -2.21. The van der Waals surface area contributed by atoms with Gasteiger partial charge in [0.05, 0.1) is 5.75 Å². The predicted octanol–water partition coefficient (Wildman–Crippen LogP) is 1.27. The lowest BCUT2D eigenvalue weighted by atomic mass is 10.1. The van der Waals surface area contributed by atoms with Crippen LogP contribution < -0.4 is 0 Å². The topological polar surface area (TPSA) is 74.7 Å². The number of amides is 1. The van der Waals surface area contributed by atoms with Gasteiger partial charge in [0.15, 0.2) is 0 Å². The predicted molar refractivity (Wildman–Crippen MR) is 71.7 cm³/mol. The van der Waals surface area contributed by atoms with Gasteiger partial charge < -0.3 is 10.0 Å². The van der Waals surface area contributed by atoms with E-state index in [2.05, 4.69) is 0 Å². The molecule has 0 spiro atoms. The molecule has 1 N–H and O–H groups in total. The Labute approximate surface area is 112 Å². The first kappa shape index (κ1) is 17.0. The van der Waals surface area contributed by atoms with E-state index in [9.17, 15) is 14.4 Å². The van der Waals surface area contributed by atoms with Crippen molar-refractivity contribution in [1.29, 1.82) is 0 Å². The molecule has 1 amide bonds. The van der Waals surface area contributed by atoms with Crippen molar-refractivity contribution in [1.82, 2.24) is 4.90 Å². The highest BCUT2D eigenvalue weighted by atomic mass is 32.2. The Hall–Kier alpha value is -1.04. The summed E-state index contributed by atoms with van der Waals surface area (Å²) in [6.07, 6.45) is 0.254. The van der Waals surface area contributed by atoms with Crippen LogP contribution in [0.5, 0.6) is 0 Å². The summed E-state index contributed by atoms with van der Waals surface area (Å²) >= 11 is 1.41. The molecule has 0 fully saturated rings. The number of Topliss-reactive ketones (excluding diaryl/α,β-unsaturated/α-hetero) is 1. The van der Waals surface area contributed by atoms with Crippen molar-refractivity contribution in [3.05, 3.63) is 0 Å². The van der Waals surface area contributed by atoms with E-state index in [1.807, 2.05) is 13.8 Å². The smallest absolute Gasteiger partial charge is 0.326 e. The van der Waals surface area contributed by atoms with Gasteiger partial charge in [0.2, 0.25) is 5.91 Å². The number of rotatable bonds is 8. The Balaban J connectivity index is 3.91. The summed E-state index contributed by atoms with van der Waals surface area (Å²) in [4.78, 5) is 34.9. The molecule has 1 atom stereocenters. The Morgan fingerprint density at radius 3 is 2.22 bits per heavy atom. The monoisotopic (exact) mass is 275 g/mol. The molecule has 0 aromatic carbocycles. The number of aliphatic carboxylic acids is 1. The summed E-state index contributed by atoms with van der Waals surface area (Å²) in [5.74, 6) is -0.109. The van der Waals surface area contributed by atoms with E-state index in [1.54, 1.807) is 0 Å². The number of hydrogen-bond donors (Lipinski definition) is 1. The number of hydrogen-bond acceptors (Lipinski definition) is 4. The number of thioether (sulfide) groups is 1. The standard InChI is InChI=1S/C12H21NO4S/c1-8(2)10(14)7-18-6-5-11(15)13(4)9(3)12(16)17/h8-9H,5-7H2,1-4H3,(H,16,17)/t9-/m0/s1. The first-order chi connectivity index (χ1) is 8.27. The number of nitrogens with zero attached hydrogens (tertiary/aromatic N) is 1. The summed E-state index contributed by atoms with van der Waals surface area (Å²) in [5, 5.41) is 8.76. The van der Waals surface area contributed by atoms with Crippen molar-refractivity contribution in [2.45, 2.75) is 33.2 Å². The first-order valence-electron chi connectivity index (χ1n) is 5.86. The summed E-state index contributed by atoms with van der Waals surface area (Å²) in [5.41, 5.74) is 0. The Kier molecular flexibility index (Phi) is 7.66. The number of carboxylic acid groups (broad SMARTS) is 1. The van der Waals surface area contributed by atoms with Crippen molar-refractivity contribution in [3.63, 3.8) is 0 Å². The second kappa shape index (κ2) is 8.13. The molecule has 0 saturated heterocycles. The Morgan fingerprint density at radius 2 is 1.78 bits per heavy atom. The fourth-order valence-corrected chi connectivity index (χ4v) is 2.05. The molecule has 0 aliphatic carbocycles. The zero-order valence-electron chi connectivity index (χ0n) is 11.3. The van der Waals surface area contributed by atoms with Gasteiger partial charge in [0, 0.05) is 25.1 Å². The molecule has 0 heterocycles. The number of carbonyl (C=O) groups excluding carboxylic acids is 2. The SMILES string of the molecule is CC(C)C(=O)CSCCC(=O)N(C)[C@@H](C)C(=O)O. The Bertz CT molecular complexity index is 317. The number of carboxylic acids is 1. The zero-order valence-corrected chi connectivity index (χ0v) is 12.1. The minimum absolute atomic E-state index is 0.0166. The largest absolute Gasteiger partial charge is 0.480 e. The van der Waals surface area contributed by atoms with E-state index in [0.717, 1.165) is 0 Å². The van der Waals surface area contributed by atoms with E-state index in [0.29, 0.717) is 11.5 Å². The molecule has 6 heteroatoms. The van der Waals surface area contributed by atoms with Gasteiger partial charge >= 0.3 is 5.97 Å². The lowest BCUT2D eigenvalue weighted by Crippen LogP contribution is -2.40. The van der Waals surface area contributed by atoms with Gasteiger partial charge in [0.1, 0.15) is 11.8 Å². The quantitative estimate of drug-likeness (QED) is 0.675. The molecular weight excluding hydrogens is 254 g/mol. The average Bonchev–Trinajstić information content (AvgIpc) is 2.31. The fraction of sp³-hybridized carbons (Fsp3) is 0.750. The summed E-state index contributed by atoms with van der Waals surface area (Å²) in [6, 6.07) is -0.820. The molecule has 0 bridgehead atoms. The molecule has 104 valence electrons. The van der Waals surface area contributed by atoms with Gasteiger partial charge in [-0.15, -0.1) is 0 Å². The van der Waals surface area contributed by atoms with Crippen LogP contribution in [0.2, 0.25) is 0 Å². The summed E-state index contributed by atoms with van der Waals surface area (Å²) in [6.45, 7) is 5.16. The van der Waals surface area contributed by atoms with Crippen LogP contribution in [0.25, 0.3) is 0 Å². The van der Waals surface area contributed by atoms with Crippen LogP contribution in [0, 0.1) is 5.92 Å². The van der Waals surface area contributed by atoms with E-state index < -0.39 is 12.0 Å². The lowest BCUT2D eigenvalue weighted by molar-refractivity contribution is -0.148. The normalized spacial score (nSPS) is 12.3. The first-order valence-corrected chi connectivity index (χ1v) is 7.01. The van der Waals surface area contributed by atoms with Gasteiger partial charge in [0.25, 0.3) is 0 Å². The molecule has 0 saturated carbocycles. The zero-order chi connectivity index (χ0) is 14.3. The molecule has 0 aromatic heterocycles. The van der Waals surface area contributed by atoms with Crippen LogP contribution >= 0.6 is 11.8 Å². The molecule has 0 aliphatic rings. The molecule has 5 nitrogen and oxygen atoms in total. The number of likely N-dealkylation sites (N-methyl/N-ethyl adjacent to an activating group) is 1. The van der Waals surface area contributed by atoms with E-state index in [1.165, 1.54) is 30.6 Å². The van der Waals surface area contributed by atoms with Gasteiger partial charge in [-0.05, 0) is 6.92 Å². The molecule has 0 aliphatic heterocycles. The van der Waals surface area contributed by atoms with Crippen LogP contribution in [0.1, 0.15) is 27.2 Å². The van der Waals surface area contributed by atoms with Crippen molar-refractivity contribution in [2.75, 3.05) is 18.6 Å². The van der Waals surface area contributed by atoms with Crippen LogP contribution in [-0.2, 0) is 14.4 Å². The molecule has 0 aromatic rings. The summed E-state index contributed by atoms with van der Waals surface area (Å²) in [7, 11) is 1.48. The van der Waals surface area contributed by atoms with Gasteiger partial charge in [-0.3, -0.25) is 9.59 Å². The van der Waals surface area contributed by atoms with E-state index in [4.69, 9.17) is 5.11 Å². The van der Waals surface area contributed by atoms with Crippen LogP contribution in [0.4, 0.5) is 0 Å². The van der Waals surface area contributed by atoms with Crippen molar-refractivity contribution >= 4 is 29.4 Å². The van der Waals surface area contributed by atoms with Crippen LogP contribution in [-0.4, -0.2) is 52.3 Å². The molecule has 0 radical (unpaired) electrons. The van der Waals surface area contributed by atoms with Gasteiger partial charge in [-0.25, -0.2) is 4.79 Å². The maximum absolute atomic E-state index is 11.6. The van der Waals surface area contributed by atoms with E-state index in [-0.39, 0.29) is 24.0 Å². The van der Waals surface area contributed by atoms with Crippen molar-refractivity contribution in [3.8, 4) is 0 Å². The fourth-order valence-electron chi connectivity index (χ4n) is 1.06. The van der Waals surface area contributed by atoms with Crippen LogP contribution in [0.15, 0.2) is 0 Å². The molecule has 18 heavy (non-hydrogen) atoms. The second-order valence-corrected chi connectivity index (χ2v) is 5.55. The summed E-state index contributed by atoms with van der Waals surface area (Å²) < 4.78 is 0. The third-order valence-electron chi connectivity index (χ3n) is 2.68. The van der Waals surface area contributed by atoms with Gasteiger partial charge in [-0.1, -0.05) is 13.8 Å².